The van der Waals surface area contributed by atoms with Gasteiger partial charge in [-0.15, -0.1) is 0 Å². The molecule has 0 amide bonds. The van der Waals surface area contributed by atoms with Crippen LogP contribution < -0.4 is 59.6 Å². The number of esters is 2. The summed E-state index contributed by atoms with van der Waals surface area (Å²) in [4.78, 5) is 98.6. The lowest BCUT2D eigenvalue weighted by Crippen LogP contribution is -2.31. The molecule has 0 saturated heterocycles. The van der Waals surface area contributed by atoms with Crippen LogP contribution in [0.4, 0.5) is 0 Å². The number of halogens is 1. The number of aryl methyl sites for hydroxylation is 3. The molecule has 128 heavy (non-hydrogen) atoms. The van der Waals surface area contributed by atoms with Gasteiger partial charge in [0.1, 0.15) is 94.7 Å². The second kappa shape index (κ2) is 45.5. The lowest BCUT2D eigenvalue weighted by Gasteiger charge is -2.32. The molecule has 0 aliphatic carbocycles. The van der Waals surface area contributed by atoms with Crippen molar-refractivity contribution < 1.29 is 106 Å². The fourth-order valence-electron chi connectivity index (χ4n) is 14.7. The first-order valence-corrected chi connectivity index (χ1v) is 43.6. The van der Waals surface area contributed by atoms with E-state index in [1.807, 2.05) is 87.6 Å². The van der Waals surface area contributed by atoms with E-state index >= 15 is 0 Å². The summed E-state index contributed by atoms with van der Waals surface area (Å²) in [5.74, 6) is 1.65. The summed E-state index contributed by atoms with van der Waals surface area (Å²) in [7, 11) is 5.47. The molecule has 0 unspecified atom stereocenters. The van der Waals surface area contributed by atoms with Gasteiger partial charge in [0, 0.05) is 176 Å². The molecule has 696 valence electrons. The van der Waals surface area contributed by atoms with Gasteiger partial charge >= 0.3 is 31.0 Å². The number of benzene rings is 4. The van der Waals surface area contributed by atoms with Gasteiger partial charge in [-0.1, -0.05) is 83.1 Å². The van der Waals surface area contributed by atoms with E-state index in [1.54, 1.807) is 54.7 Å². The molecule has 30 nitrogen and oxygen atoms in total. The van der Waals surface area contributed by atoms with Gasteiger partial charge in [0.2, 0.25) is 0 Å². The predicted molar refractivity (Wildman–Crippen MR) is 492 cm³/mol. The van der Waals surface area contributed by atoms with Crippen molar-refractivity contribution in [3.63, 3.8) is 0 Å². The Morgan fingerprint density at radius 2 is 0.609 bits per heavy atom. The fraction of sp³-hybridized carbons (Fsp3) is 0.500. The first-order valence-electron chi connectivity index (χ1n) is 42.8. The minimum Gasteiger partial charge on any atom is -0.493 e. The lowest BCUT2D eigenvalue weighted by atomic mass is 9.86. The Bertz CT molecular complexity index is 5140. The van der Waals surface area contributed by atoms with Crippen LogP contribution in [0.2, 0.25) is 6.82 Å². The Kier molecular flexibility index (Phi) is 36.5. The molecule has 4 aliphatic heterocycles. The van der Waals surface area contributed by atoms with Crippen molar-refractivity contribution >= 4 is 46.9 Å². The Hall–Kier alpha value is -10.7. The van der Waals surface area contributed by atoms with E-state index in [0.717, 1.165) is 86.3 Å². The zero-order valence-electron chi connectivity index (χ0n) is 77.8. The number of nitrogens with zero attached hydrogens (tertiary/aromatic N) is 4. The molecule has 4 aromatic heterocycles. The number of carboxylic acid groups (broad SMARTS) is 2. The van der Waals surface area contributed by atoms with E-state index in [9.17, 15) is 48.6 Å². The average Bonchev–Trinajstić information content (AvgIpc) is 1.60. The van der Waals surface area contributed by atoms with Crippen molar-refractivity contribution in [3.05, 3.63) is 182 Å². The number of aromatic nitrogens is 4. The number of hydrogen-bond donors (Lipinski definition) is 4. The number of pyridine rings is 4. The predicted octanol–water partition coefficient (Wildman–Crippen LogP) is 16.2. The molecule has 0 saturated carbocycles. The van der Waals surface area contributed by atoms with Gasteiger partial charge in [-0.2, -0.15) is 0 Å². The van der Waals surface area contributed by atoms with Crippen molar-refractivity contribution in [3.8, 4) is 91.0 Å². The third-order valence-electron chi connectivity index (χ3n) is 21.7. The van der Waals surface area contributed by atoms with E-state index in [2.05, 4.69) is 99.0 Å². The smallest absolute Gasteiger partial charge is 0.448 e. The van der Waals surface area contributed by atoms with Crippen LogP contribution in [0, 0.1) is 42.4 Å². The number of carbonyl (C=O) groups is 4. The third kappa shape index (κ3) is 26.3. The van der Waals surface area contributed by atoms with E-state index in [-0.39, 0.29) is 92.2 Å². The number of carboxylic acids is 2. The van der Waals surface area contributed by atoms with E-state index < -0.39 is 41.9 Å². The van der Waals surface area contributed by atoms with Gasteiger partial charge < -0.3 is 105 Å². The van der Waals surface area contributed by atoms with E-state index in [1.165, 1.54) is 43.5 Å². The van der Waals surface area contributed by atoms with Gasteiger partial charge in [-0.3, -0.25) is 19.2 Å². The summed E-state index contributed by atoms with van der Waals surface area (Å²) in [6.07, 6.45) is 9.21. The van der Waals surface area contributed by atoms with Gasteiger partial charge in [-0.05, 0) is 120 Å². The number of carbonyl (C=O) groups excluding carboxylic acids is 2. The van der Waals surface area contributed by atoms with Gasteiger partial charge in [0.25, 0.3) is 0 Å². The Morgan fingerprint density at radius 3 is 0.844 bits per heavy atom. The maximum atomic E-state index is 12.8. The monoisotopic (exact) mass is 1840 g/mol. The molecule has 4 aromatic carbocycles. The molecule has 4 atom stereocenters. The number of methoxy groups -OCH3 is 4. The summed E-state index contributed by atoms with van der Waals surface area (Å²) < 4.78 is 87.3. The number of ether oxygens (including phenoxy) is 14. The minimum atomic E-state index is -1.23. The minimum absolute atomic E-state index is 0.0189. The summed E-state index contributed by atoms with van der Waals surface area (Å²) in [5.41, 5.74) is 5.41. The van der Waals surface area contributed by atoms with E-state index in [0.29, 0.717) is 131 Å². The van der Waals surface area contributed by atoms with Crippen LogP contribution in [-0.4, -0.2) is 190 Å². The SMILES string of the molecule is CB(O)O.CCOC(=O)c1cn2c(cc1=O)-c1cc(Br)c(OCCCOC)cc1OC[C@H]2C(C)(C)C.CCOC(=O)c1cn2c(cc1=O)-c1cc(C)c(OCCCOC)cc1OC[C@H]2C(C)(C)C.COCCCOc1cc2c(cc1C)-c1cc(=O)c(C(=O)O)cn1[C@H](C(C)(C)C)CO2.COCCCOc1cc2c(cc1C)-c1cc(=O)c(C(=O)O)cn1[C@H](C(C)(C)C)CO2. The van der Waals surface area contributed by atoms with Crippen LogP contribution >= 0.6 is 15.9 Å². The summed E-state index contributed by atoms with van der Waals surface area (Å²) in [5, 5.41) is 34.1. The maximum absolute atomic E-state index is 12.8. The van der Waals surface area contributed by atoms with Crippen molar-refractivity contribution in [2.45, 2.75) is 174 Å². The van der Waals surface area contributed by atoms with Gasteiger partial charge in [-0.25, -0.2) is 19.2 Å². The molecule has 0 spiro atoms. The number of rotatable bonds is 26. The standard InChI is InChI=1S/C25H33NO6.C24H30BrNO6.2C23H29NO6.CH5BO2/c1-7-30-24(28)18-14-26-19(12-20(18)27)17-11-16(2)21(31-10-8-9-29-6)13-22(17)32-15-23(26)25(3,4)5;1-6-30-23(28)16-13-26-18(11-19(16)27)15-10-17(25)21(31-9-7-8-29-5)12-20(15)32-14-22(26)24(2,3)4;2*1-14-9-15-17-10-18(25)16(22(26)27)12-24(17)21(23(2,3)4)13-30-20(15)11-19(14)29-8-6-7-28-5;1-2(3)4/h11-14,23H,7-10,15H2,1-6H3;10-13,22H,6-9,14H2,1-5H3;2*9-12,21H,6-8,13H2,1-5H3,(H,26,27);3-4H,1H3/t23-;22-;2*21-;/m0000./s1. The third-order valence-corrected chi connectivity index (χ3v) is 22.3. The highest BCUT2D eigenvalue weighted by atomic mass is 79.9. The van der Waals surface area contributed by atoms with Crippen LogP contribution in [-0.2, 0) is 28.4 Å². The quantitative estimate of drug-likeness (QED) is 0.0222. The largest absolute Gasteiger partial charge is 0.493 e. The first kappa shape index (κ1) is 103. The molecule has 12 rings (SSSR count). The highest BCUT2D eigenvalue weighted by Crippen LogP contribution is 2.49. The van der Waals surface area contributed by atoms with Gasteiger partial charge in [0.05, 0.1) is 91.1 Å². The van der Waals surface area contributed by atoms with Crippen LogP contribution in [0.25, 0.3) is 45.0 Å². The molecular weight excluding hydrogens is 1720 g/mol. The van der Waals surface area contributed by atoms with Crippen LogP contribution in [0.1, 0.15) is 205 Å². The average molecular weight is 1840 g/mol. The van der Waals surface area contributed by atoms with Crippen molar-refractivity contribution in [2.75, 3.05) is 121 Å². The molecule has 32 heteroatoms. The molecule has 8 aromatic rings. The topological polar surface area (TPSA) is 366 Å². The van der Waals surface area contributed by atoms with Gasteiger partial charge in [0.15, 0.2) is 21.7 Å². The van der Waals surface area contributed by atoms with E-state index in [4.69, 9.17) is 76.4 Å². The van der Waals surface area contributed by atoms with Crippen LogP contribution in [0.5, 0.6) is 46.0 Å². The molecule has 8 heterocycles. The molecule has 4 aliphatic rings. The summed E-state index contributed by atoms with van der Waals surface area (Å²) in [6, 6.07) is 20.4. The van der Waals surface area contributed by atoms with Crippen LogP contribution in [0.15, 0.2) is 121 Å². The molecular formula is C96H126BBrN4O26. The number of aromatic carboxylic acids is 2. The fourth-order valence-corrected chi connectivity index (χ4v) is 15.2. The second-order valence-corrected chi connectivity index (χ2v) is 36.6. The Balaban J connectivity index is 0.000000208. The first-order chi connectivity index (χ1) is 60.3. The Labute approximate surface area is 756 Å². The lowest BCUT2D eigenvalue weighted by molar-refractivity contribution is 0.0513. The molecule has 0 radical (unpaired) electrons. The maximum Gasteiger partial charge on any atom is 0.448 e. The van der Waals surface area contributed by atoms with Crippen molar-refractivity contribution in [2.24, 2.45) is 21.7 Å². The number of fused-ring (bicyclic) bond motifs is 12. The highest BCUT2D eigenvalue weighted by Gasteiger charge is 2.39. The zero-order chi connectivity index (χ0) is 94.6. The highest BCUT2D eigenvalue weighted by molar-refractivity contribution is 9.10. The zero-order valence-corrected chi connectivity index (χ0v) is 79.4. The van der Waals surface area contributed by atoms with Crippen molar-refractivity contribution in [1.82, 2.24) is 18.3 Å². The van der Waals surface area contributed by atoms with Crippen LogP contribution in [0.3, 0.4) is 0 Å². The molecule has 0 bridgehead atoms. The molecule has 0 fully saturated rings. The number of hydrogen-bond acceptors (Lipinski definition) is 24. The Morgan fingerprint density at radius 1 is 0.383 bits per heavy atom. The second-order valence-electron chi connectivity index (χ2n) is 35.7. The summed E-state index contributed by atoms with van der Waals surface area (Å²) in [6.45, 7) is 42.0. The summed E-state index contributed by atoms with van der Waals surface area (Å²) >= 11 is 3.58. The normalized spacial score (nSPS) is 15.1. The molecule has 4 N–H and O–H groups in total. The van der Waals surface area contributed by atoms with Crippen molar-refractivity contribution in [1.29, 1.82) is 0 Å².